The van der Waals surface area contributed by atoms with Gasteiger partial charge >= 0.3 is 0 Å². The van der Waals surface area contributed by atoms with Gasteiger partial charge in [0.25, 0.3) is 0 Å². The van der Waals surface area contributed by atoms with Crippen molar-refractivity contribution in [3.8, 4) is 5.75 Å². The summed E-state index contributed by atoms with van der Waals surface area (Å²) in [5.74, 6) is 0.425. The number of hydrogen-bond donors (Lipinski definition) is 1. The van der Waals surface area contributed by atoms with E-state index in [-0.39, 0.29) is 30.8 Å². The van der Waals surface area contributed by atoms with Gasteiger partial charge in [-0.15, -0.1) is 0 Å². The smallest absolute Gasteiger partial charge is 0.242 e. The van der Waals surface area contributed by atoms with Gasteiger partial charge in [0, 0.05) is 34.1 Å². The first-order valence-electron chi connectivity index (χ1n) is 11.3. The van der Waals surface area contributed by atoms with Crippen molar-refractivity contribution < 1.29 is 14.3 Å². The van der Waals surface area contributed by atoms with Crippen molar-refractivity contribution in [3.63, 3.8) is 0 Å². The van der Waals surface area contributed by atoms with Crippen LogP contribution in [0, 0.1) is 0 Å². The average Bonchev–Trinajstić information content (AvgIpc) is 3.30. The normalized spacial score (nSPS) is 14.7. The van der Waals surface area contributed by atoms with Gasteiger partial charge in [-0.05, 0) is 68.1 Å². The van der Waals surface area contributed by atoms with Gasteiger partial charge in [0.2, 0.25) is 11.8 Å². The molecule has 1 saturated carbocycles. The molecule has 2 aromatic carbocycles. The Labute approximate surface area is 210 Å². The lowest BCUT2D eigenvalue weighted by Gasteiger charge is -2.30. The second-order valence-electron chi connectivity index (χ2n) is 8.33. The van der Waals surface area contributed by atoms with Gasteiger partial charge in [-0.1, -0.05) is 53.7 Å². The SMILES string of the molecule is C[C@@H](C(=O)NC1CCCC1)N(Cc1ccc(Cl)cc1Cl)C(=O)CCCOc1ccc(Cl)cc1. The number of rotatable bonds is 10. The minimum Gasteiger partial charge on any atom is -0.494 e. The summed E-state index contributed by atoms with van der Waals surface area (Å²) in [4.78, 5) is 27.7. The molecule has 1 aliphatic rings. The lowest BCUT2D eigenvalue weighted by Crippen LogP contribution is -2.49. The highest BCUT2D eigenvalue weighted by Gasteiger charge is 2.28. The van der Waals surface area contributed by atoms with E-state index in [1.54, 1.807) is 54.3 Å². The molecule has 5 nitrogen and oxygen atoms in total. The molecule has 0 unspecified atom stereocenters. The molecule has 178 valence electrons. The molecule has 0 spiro atoms. The third-order valence-electron chi connectivity index (χ3n) is 5.84. The maximum absolute atomic E-state index is 13.2. The zero-order valence-electron chi connectivity index (χ0n) is 18.7. The summed E-state index contributed by atoms with van der Waals surface area (Å²) in [6.45, 7) is 2.37. The number of nitrogens with one attached hydrogen (secondary N) is 1. The second kappa shape index (κ2) is 12.5. The largest absolute Gasteiger partial charge is 0.494 e. The fourth-order valence-corrected chi connectivity index (χ4v) is 4.49. The third kappa shape index (κ3) is 7.80. The summed E-state index contributed by atoms with van der Waals surface area (Å²) in [6, 6.07) is 11.8. The van der Waals surface area contributed by atoms with Gasteiger partial charge in [0.1, 0.15) is 11.8 Å². The van der Waals surface area contributed by atoms with Gasteiger partial charge in [-0.2, -0.15) is 0 Å². The molecule has 0 aromatic heterocycles. The lowest BCUT2D eigenvalue weighted by molar-refractivity contribution is -0.141. The van der Waals surface area contributed by atoms with E-state index in [1.165, 1.54) is 0 Å². The Bertz CT molecular complexity index is 946. The molecule has 1 N–H and O–H groups in total. The van der Waals surface area contributed by atoms with E-state index in [4.69, 9.17) is 39.5 Å². The van der Waals surface area contributed by atoms with Crippen molar-refractivity contribution in [1.29, 1.82) is 0 Å². The number of carbonyl (C=O) groups is 2. The minimum atomic E-state index is -0.623. The van der Waals surface area contributed by atoms with Gasteiger partial charge in [-0.25, -0.2) is 0 Å². The molecule has 0 heterocycles. The van der Waals surface area contributed by atoms with Crippen molar-refractivity contribution in [2.75, 3.05) is 6.61 Å². The predicted molar refractivity (Wildman–Crippen MR) is 133 cm³/mol. The number of carbonyl (C=O) groups excluding carboxylic acids is 2. The Morgan fingerprint density at radius 1 is 1.06 bits per heavy atom. The molecular formula is C25H29Cl3N2O3. The summed E-state index contributed by atoms with van der Waals surface area (Å²) in [5.41, 5.74) is 0.743. The molecule has 2 aromatic rings. The number of halogens is 3. The first kappa shape index (κ1) is 25.7. The van der Waals surface area contributed by atoms with E-state index >= 15 is 0 Å². The van der Waals surface area contributed by atoms with Crippen LogP contribution in [0.2, 0.25) is 15.1 Å². The number of ether oxygens (including phenoxy) is 1. The van der Waals surface area contributed by atoms with Crippen LogP contribution in [-0.2, 0) is 16.1 Å². The van der Waals surface area contributed by atoms with E-state index in [0.29, 0.717) is 33.8 Å². The maximum atomic E-state index is 13.2. The van der Waals surface area contributed by atoms with Gasteiger partial charge in [0.15, 0.2) is 0 Å². The van der Waals surface area contributed by atoms with Crippen LogP contribution in [0.25, 0.3) is 0 Å². The minimum absolute atomic E-state index is 0.130. The fourth-order valence-electron chi connectivity index (χ4n) is 3.90. The Hall–Kier alpha value is -1.95. The van der Waals surface area contributed by atoms with Crippen LogP contribution >= 0.6 is 34.8 Å². The Kier molecular flexibility index (Phi) is 9.72. The van der Waals surface area contributed by atoms with Gasteiger partial charge < -0.3 is 15.0 Å². The van der Waals surface area contributed by atoms with Crippen LogP contribution in [-0.4, -0.2) is 35.4 Å². The molecule has 1 fully saturated rings. The van der Waals surface area contributed by atoms with Crippen molar-refractivity contribution in [3.05, 3.63) is 63.1 Å². The number of amides is 2. The van der Waals surface area contributed by atoms with Crippen molar-refractivity contribution in [2.24, 2.45) is 0 Å². The van der Waals surface area contributed by atoms with Crippen LogP contribution in [0.1, 0.15) is 51.0 Å². The molecule has 33 heavy (non-hydrogen) atoms. The van der Waals surface area contributed by atoms with Crippen LogP contribution < -0.4 is 10.1 Å². The summed E-state index contributed by atoms with van der Waals surface area (Å²) < 4.78 is 5.69. The van der Waals surface area contributed by atoms with Crippen molar-refractivity contribution in [1.82, 2.24) is 10.2 Å². The molecule has 0 radical (unpaired) electrons. The van der Waals surface area contributed by atoms with Crippen LogP contribution in [0.3, 0.4) is 0 Å². The molecule has 1 aliphatic carbocycles. The van der Waals surface area contributed by atoms with Crippen LogP contribution in [0.5, 0.6) is 5.75 Å². The average molecular weight is 512 g/mol. The van der Waals surface area contributed by atoms with Crippen LogP contribution in [0.15, 0.2) is 42.5 Å². The molecule has 3 rings (SSSR count). The lowest BCUT2D eigenvalue weighted by atomic mass is 10.1. The monoisotopic (exact) mass is 510 g/mol. The Morgan fingerprint density at radius 2 is 1.73 bits per heavy atom. The predicted octanol–water partition coefficient (Wildman–Crippen LogP) is 6.28. The number of hydrogen-bond acceptors (Lipinski definition) is 3. The molecule has 0 saturated heterocycles. The maximum Gasteiger partial charge on any atom is 0.242 e. The van der Waals surface area contributed by atoms with E-state index in [1.807, 2.05) is 0 Å². The zero-order chi connectivity index (χ0) is 23.8. The first-order chi connectivity index (χ1) is 15.8. The highest BCUT2D eigenvalue weighted by Crippen LogP contribution is 2.24. The van der Waals surface area contributed by atoms with E-state index in [2.05, 4.69) is 5.32 Å². The Morgan fingerprint density at radius 3 is 2.39 bits per heavy atom. The zero-order valence-corrected chi connectivity index (χ0v) is 20.9. The molecule has 0 aliphatic heterocycles. The van der Waals surface area contributed by atoms with E-state index in [0.717, 1.165) is 31.2 Å². The molecule has 0 bridgehead atoms. The van der Waals surface area contributed by atoms with Crippen LogP contribution in [0.4, 0.5) is 0 Å². The van der Waals surface area contributed by atoms with Crippen molar-refractivity contribution >= 4 is 46.6 Å². The summed E-state index contributed by atoms with van der Waals surface area (Å²) >= 11 is 18.3. The van der Waals surface area contributed by atoms with E-state index in [9.17, 15) is 9.59 Å². The standard InChI is InChI=1S/C25H29Cl3N2O3/c1-17(25(32)29-21-5-2-3-6-21)30(16-18-8-9-20(27)15-23(18)28)24(31)7-4-14-33-22-12-10-19(26)11-13-22/h8-13,15,17,21H,2-7,14,16H2,1H3,(H,29,32)/t17-/m0/s1. The molecule has 2 amide bonds. The molecule has 8 heteroatoms. The Balaban J connectivity index is 1.63. The van der Waals surface area contributed by atoms with Gasteiger partial charge in [-0.3, -0.25) is 9.59 Å². The second-order valence-corrected chi connectivity index (χ2v) is 9.61. The first-order valence-corrected chi connectivity index (χ1v) is 12.4. The molecule has 1 atom stereocenters. The van der Waals surface area contributed by atoms with E-state index < -0.39 is 6.04 Å². The highest BCUT2D eigenvalue weighted by atomic mass is 35.5. The third-order valence-corrected chi connectivity index (χ3v) is 6.68. The van der Waals surface area contributed by atoms with Crippen molar-refractivity contribution in [2.45, 2.75) is 64.1 Å². The fraction of sp³-hybridized carbons (Fsp3) is 0.440. The topological polar surface area (TPSA) is 58.6 Å². The highest BCUT2D eigenvalue weighted by molar-refractivity contribution is 6.35. The van der Waals surface area contributed by atoms with Gasteiger partial charge in [0.05, 0.1) is 6.61 Å². The summed E-state index contributed by atoms with van der Waals surface area (Å²) in [6.07, 6.45) is 4.98. The molecular weight excluding hydrogens is 483 g/mol. The quantitative estimate of drug-likeness (QED) is 0.382. The summed E-state index contributed by atoms with van der Waals surface area (Å²) in [7, 11) is 0. The number of benzene rings is 2. The summed E-state index contributed by atoms with van der Waals surface area (Å²) in [5, 5.41) is 4.72. The number of nitrogens with zero attached hydrogens (tertiary/aromatic N) is 1.